The molecule has 1 rings (SSSR count). The van der Waals surface area contributed by atoms with E-state index in [9.17, 15) is 5.11 Å². The van der Waals surface area contributed by atoms with Gasteiger partial charge in [-0.2, -0.15) is 0 Å². The summed E-state index contributed by atoms with van der Waals surface area (Å²) >= 11 is 0. The molecule has 1 aliphatic rings. The lowest BCUT2D eigenvalue weighted by molar-refractivity contribution is 0.0297. The molecule has 0 saturated carbocycles. The van der Waals surface area contributed by atoms with Crippen LogP contribution in [0.5, 0.6) is 0 Å². The van der Waals surface area contributed by atoms with Crippen LogP contribution >= 0.6 is 0 Å². The third kappa shape index (κ3) is 4.49. The van der Waals surface area contributed by atoms with Crippen molar-refractivity contribution < 1.29 is 9.84 Å². The Hall–Kier alpha value is -0.120. The van der Waals surface area contributed by atoms with Gasteiger partial charge >= 0.3 is 0 Å². The number of ether oxygens (including phenoxy) is 1. The molecule has 1 fully saturated rings. The van der Waals surface area contributed by atoms with Gasteiger partial charge in [0.2, 0.25) is 0 Å². The van der Waals surface area contributed by atoms with Crippen LogP contribution in [0.15, 0.2) is 0 Å². The Morgan fingerprint density at radius 2 is 2.00 bits per heavy atom. The first-order valence-corrected chi connectivity index (χ1v) is 6.08. The second-order valence-corrected chi connectivity index (χ2v) is 5.13. The maximum absolute atomic E-state index is 9.47. The van der Waals surface area contributed by atoms with Gasteiger partial charge in [-0.15, -0.1) is 0 Å². The molecule has 0 aliphatic carbocycles. The van der Waals surface area contributed by atoms with Gasteiger partial charge in [-0.25, -0.2) is 0 Å². The Morgan fingerprint density at radius 1 is 1.33 bits per heavy atom. The zero-order valence-corrected chi connectivity index (χ0v) is 10.1. The fraction of sp³-hybridized carbons (Fsp3) is 1.00. The average molecular weight is 215 g/mol. The number of rotatable bonds is 6. The molecule has 3 nitrogen and oxygen atoms in total. The summed E-state index contributed by atoms with van der Waals surface area (Å²) in [5.74, 6) is 0.600. The normalized spacial score (nSPS) is 20.8. The molecular weight excluding hydrogens is 190 g/mol. The lowest BCUT2D eigenvalue weighted by Gasteiger charge is -2.36. The largest absolute Gasteiger partial charge is 0.396 e. The summed E-state index contributed by atoms with van der Waals surface area (Å²) in [5, 5.41) is 12.8. The summed E-state index contributed by atoms with van der Waals surface area (Å²) in [4.78, 5) is 0. The molecule has 1 saturated heterocycles. The average Bonchev–Trinajstić information content (AvgIpc) is 2.26. The van der Waals surface area contributed by atoms with Crippen molar-refractivity contribution in [3.05, 3.63) is 0 Å². The number of aliphatic hydroxyl groups is 1. The second kappa shape index (κ2) is 6.46. The van der Waals surface area contributed by atoms with Gasteiger partial charge < -0.3 is 15.2 Å². The molecule has 1 heterocycles. The van der Waals surface area contributed by atoms with Gasteiger partial charge in [0.15, 0.2) is 0 Å². The molecule has 2 N–H and O–H groups in total. The van der Waals surface area contributed by atoms with Gasteiger partial charge in [-0.3, -0.25) is 0 Å². The Morgan fingerprint density at radius 3 is 2.53 bits per heavy atom. The highest BCUT2D eigenvalue weighted by atomic mass is 16.5. The third-order valence-corrected chi connectivity index (χ3v) is 3.23. The monoisotopic (exact) mass is 215 g/mol. The third-order valence-electron chi connectivity index (χ3n) is 3.23. The standard InChI is InChI=1S/C12H25NO2/c1-11(2)9-15-8-5-12(10-14)3-6-13-7-4-12/h11,13-14H,3-10H2,1-2H3. The first kappa shape index (κ1) is 12.9. The van der Waals surface area contributed by atoms with Crippen molar-refractivity contribution in [2.75, 3.05) is 32.9 Å². The van der Waals surface area contributed by atoms with Crippen LogP contribution in [0.2, 0.25) is 0 Å². The summed E-state index contributed by atoms with van der Waals surface area (Å²) in [7, 11) is 0. The first-order chi connectivity index (χ1) is 7.18. The lowest BCUT2D eigenvalue weighted by atomic mass is 9.77. The Labute approximate surface area is 93.2 Å². The second-order valence-electron chi connectivity index (χ2n) is 5.13. The van der Waals surface area contributed by atoms with Crippen LogP contribution in [0.1, 0.15) is 33.1 Å². The predicted octanol–water partition coefficient (Wildman–Crippen LogP) is 1.41. The lowest BCUT2D eigenvalue weighted by Crippen LogP contribution is -2.40. The summed E-state index contributed by atoms with van der Waals surface area (Å²) in [5.41, 5.74) is 0.127. The molecule has 0 unspecified atom stereocenters. The van der Waals surface area contributed by atoms with Gasteiger partial charge in [-0.05, 0) is 43.7 Å². The van der Waals surface area contributed by atoms with Gasteiger partial charge in [0, 0.05) is 19.8 Å². The summed E-state index contributed by atoms with van der Waals surface area (Å²) in [6.45, 7) is 8.31. The van der Waals surface area contributed by atoms with Crippen molar-refractivity contribution in [1.29, 1.82) is 0 Å². The molecule has 0 amide bonds. The van der Waals surface area contributed by atoms with Crippen LogP contribution in [0.3, 0.4) is 0 Å². The van der Waals surface area contributed by atoms with E-state index >= 15 is 0 Å². The number of hydrogen-bond acceptors (Lipinski definition) is 3. The molecule has 0 aromatic carbocycles. The van der Waals surface area contributed by atoms with E-state index in [1.54, 1.807) is 0 Å². The van der Waals surface area contributed by atoms with Gasteiger partial charge in [0.25, 0.3) is 0 Å². The highest BCUT2D eigenvalue weighted by Gasteiger charge is 2.30. The van der Waals surface area contributed by atoms with E-state index in [0.717, 1.165) is 45.6 Å². The maximum Gasteiger partial charge on any atom is 0.0489 e. The summed E-state index contributed by atoms with van der Waals surface area (Å²) in [6, 6.07) is 0. The Bertz CT molecular complexity index is 165. The molecule has 0 aromatic heterocycles. The quantitative estimate of drug-likeness (QED) is 0.658. The van der Waals surface area contributed by atoms with E-state index in [-0.39, 0.29) is 5.41 Å². The number of hydrogen-bond donors (Lipinski definition) is 2. The summed E-state index contributed by atoms with van der Waals surface area (Å²) < 4.78 is 5.59. The fourth-order valence-electron chi connectivity index (χ4n) is 2.05. The van der Waals surface area contributed by atoms with Gasteiger partial charge in [-0.1, -0.05) is 13.8 Å². The van der Waals surface area contributed by atoms with Gasteiger partial charge in [0.1, 0.15) is 0 Å². The predicted molar refractivity (Wildman–Crippen MR) is 61.9 cm³/mol. The molecule has 0 atom stereocenters. The Kier molecular flexibility index (Phi) is 5.58. The molecular formula is C12H25NO2. The zero-order valence-electron chi connectivity index (χ0n) is 10.1. The van der Waals surface area contributed by atoms with E-state index in [0.29, 0.717) is 12.5 Å². The molecule has 0 spiro atoms. The molecule has 3 heteroatoms. The van der Waals surface area contributed by atoms with Crippen molar-refractivity contribution in [3.63, 3.8) is 0 Å². The SMILES string of the molecule is CC(C)COCCC1(CO)CCNCC1. The van der Waals surface area contributed by atoms with Crippen molar-refractivity contribution in [1.82, 2.24) is 5.32 Å². The van der Waals surface area contributed by atoms with Crippen LogP contribution in [-0.2, 0) is 4.74 Å². The highest BCUT2D eigenvalue weighted by Crippen LogP contribution is 2.31. The van der Waals surface area contributed by atoms with Crippen LogP contribution in [0, 0.1) is 11.3 Å². The van der Waals surface area contributed by atoms with Crippen LogP contribution < -0.4 is 5.32 Å². The molecule has 15 heavy (non-hydrogen) atoms. The molecule has 90 valence electrons. The maximum atomic E-state index is 9.47. The van der Waals surface area contributed by atoms with Crippen molar-refractivity contribution in [2.45, 2.75) is 33.1 Å². The minimum absolute atomic E-state index is 0.127. The van der Waals surface area contributed by atoms with Crippen molar-refractivity contribution in [3.8, 4) is 0 Å². The van der Waals surface area contributed by atoms with Crippen LogP contribution in [0.25, 0.3) is 0 Å². The minimum atomic E-state index is 0.127. The number of aliphatic hydroxyl groups excluding tert-OH is 1. The molecule has 0 aromatic rings. The fourth-order valence-corrected chi connectivity index (χ4v) is 2.05. The van der Waals surface area contributed by atoms with Crippen molar-refractivity contribution in [2.24, 2.45) is 11.3 Å². The van der Waals surface area contributed by atoms with E-state index in [1.165, 1.54) is 0 Å². The minimum Gasteiger partial charge on any atom is -0.396 e. The van der Waals surface area contributed by atoms with Gasteiger partial charge in [0.05, 0.1) is 0 Å². The van der Waals surface area contributed by atoms with Crippen LogP contribution in [0.4, 0.5) is 0 Å². The first-order valence-electron chi connectivity index (χ1n) is 6.08. The van der Waals surface area contributed by atoms with Crippen LogP contribution in [-0.4, -0.2) is 38.0 Å². The smallest absolute Gasteiger partial charge is 0.0489 e. The molecule has 0 radical (unpaired) electrons. The molecule has 1 aliphatic heterocycles. The zero-order chi connectivity index (χ0) is 11.1. The number of piperidine rings is 1. The van der Waals surface area contributed by atoms with Crippen molar-refractivity contribution >= 4 is 0 Å². The Balaban J connectivity index is 2.20. The molecule has 0 bridgehead atoms. The number of nitrogens with one attached hydrogen (secondary N) is 1. The highest BCUT2D eigenvalue weighted by molar-refractivity contribution is 4.83. The van der Waals surface area contributed by atoms with E-state index in [1.807, 2.05) is 0 Å². The summed E-state index contributed by atoms with van der Waals surface area (Å²) in [6.07, 6.45) is 3.15. The van der Waals surface area contributed by atoms with E-state index in [2.05, 4.69) is 19.2 Å². The van der Waals surface area contributed by atoms with E-state index in [4.69, 9.17) is 4.74 Å². The van der Waals surface area contributed by atoms with E-state index < -0.39 is 0 Å². The topological polar surface area (TPSA) is 41.5 Å².